The van der Waals surface area contributed by atoms with Crippen LogP contribution in [0.15, 0.2) is 71.5 Å². The van der Waals surface area contributed by atoms with E-state index in [9.17, 15) is 0 Å². The molecular formula is C19H11N3O. The molecule has 0 atom stereocenters. The van der Waals surface area contributed by atoms with Crippen molar-refractivity contribution >= 4 is 32.8 Å². The van der Waals surface area contributed by atoms with Gasteiger partial charge in [-0.1, -0.05) is 24.3 Å². The fourth-order valence-corrected chi connectivity index (χ4v) is 2.94. The van der Waals surface area contributed by atoms with Gasteiger partial charge in [0.25, 0.3) is 0 Å². The summed E-state index contributed by atoms with van der Waals surface area (Å²) in [6.45, 7) is 0. The first-order chi connectivity index (χ1) is 11.4. The maximum Gasteiger partial charge on any atom is 0.163 e. The lowest BCUT2D eigenvalue weighted by Gasteiger charge is -2.02. The van der Waals surface area contributed by atoms with Crippen molar-refractivity contribution in [3.63, 3.8) is 0 Å². The van der Waals surface area contributed by atoms with Gasteiger partial charge in [-0.2, -0.15) is 0 Å². The van der Waals surface area contributed by atoms with E-state index < -0.39 is 0 Å². The zero-order valence-corrected chi connectivity index (χ0v) is 12.1. The smallest absolute Gasteiger partial charge is 0.163 e. The second-order valence-electron chi connectivity index (χ2n) is 5.40. The minimum absolute atomic E-state index is 0.754. The Kier molecular flexibility index (Phi) is 2.46. The van der Waals surface area contributed by atoms with Gasteiger partial charge < -0.3 is 4.42 Å². The average molecular weight is 297 g/mol. The minimum Gasteiger partial charge on any atom is -0.454 e. The lowest BCUT2D eigenvalue weighted by Crippen LogP contribution is -1.89. The van der Waals surface area contributed by atoms with Gasteiger partial charge in [0.1, 0.15) is 11.3 Å². The normalized spacial score (nSPS) is 11.5. The van der Waals surface area contributed by atoms with Crippen molar-refractivity contribution in [2.45, 2.75) is 0 Å². The molecule has 0 fully saturated rings. The van der Waals surface area contributed by atoms with Crippen molar-refractivity contribution < 1.29 is 4.42 Å². The second kappa shape index (κ2) is 4.61. The van der Waals surface area contributed by atoms with Crippen molar-refractivity contribution in [2.24, 2.45) is 0 Å². The van der Waals surface area contributed by atoms with Crippen LogP contribution in [0.2, 0.25) is 0 Å². The fourth-order valence-electron chi connectivity index (χ4n) is 2.94. The van der Waals surface area contributed by atoms with E-state index >= 15 is 0 Å². The summed E-state index contributed by atoms with van der Waals surface area (Å²) in [6, 6.07) is 15.9. The number of aromatic nitrogens is 3. The van der Waals surface area contributed by atoms with Gasteiger partial charge in [0.15, 0.2) is 5.58 Å². The van der Waals surface area contributed by atoms with Crippen LogP contribution in [0.25, 0.3) is 44.2 Å². The van der Waals surface area contributed by atoms with Gasteiger partial charge in [-0.05, 0) is 24.3 Å². The summed E-state index contributed by atoms with van der Waals surface area (Å²) in [5, 5.41) is 3.18. The first-order valence-corrected chi connectivity index (χ1v) is 7.37. The van der Waals surface area contributed by atoms with E-state index in [4.69, 9.17) is 4.42 Å². The highest BCUT2D eigenvalue weighted by Crippen LogP contribution is 2.33. The molecule has 0 aliphatic rings. The number of hydrogen-bond donors (Lipinski definition) is 0. The molecule has 5 rings (SSSR count). The first-order valence-electron chi connectivity index (χ1n) is 7.37. The van der Waals surface area contributed by atoms with Gasteiger partial charge in [-0.3, -0.25) is 15.0 Å². The molecule has 4 heteroatoms. The van der Waals surface area contributed by atoms with E-state index in [1.807, 2.05) is 42.5 Å². The van der Waals surface area contributed by atoms with Crippen molar-refractivity contribution in [2.75, 3.05) is 0 Å². The van der Waals surface area contributed by atoms with Gasteiger partial charge in [-0.25, -0.2) is 0 Å². The highest BCUT2D eigenvalue weighted by atomic mass is 16.3. The molecule has 5 aromatic rings. The number of nitrogens with zero attached hydrogens (tertiary/aromatic N) is 3. The average Bonchev–Trinajstić information content (AvgIpc) is 3.00. The molecule has 0 bridgehead atoms. The molecule has 0 saturated heterocycles. The van der Waals surface area contributed by atoms with Crippen LogP contribution in [0.5, 0.6) is 0 Å². The molecule has 0 aliphatic heterocycles. The number of rotatable bonds is 1. The Hall–Kier alpha value is -3.27. The van der Waals surface area contributed by atoms with Crippen LogP contribution in [-0.4, -0.2) is 15.0 Å². The highest BCUT2D eigenvalue weighted by Gasteiger charge is 2.14. The summed E-state index contributed by atoms with van der Waals surface area (Å²) < 4.78 is 6.03. The number of pyridine rings is 3. The van der Waals surface area contributed by atoms with Crippen LogP contribution in [0.1, 0.15) is 0 Å². The predicted octanol–water partition coefficient (Wildman–Crippen LogP) is 4.59. The van der Waals surface area contributed by atoms with Crippen molar-refractivity contribution in [1.82, 2.24) is 15.0 Å². The van der Waals surface area contributed by atoms with Crippen LogP contribution >= 0.6 is 0 Å². The minimum atomic E-state index is 0.754. The van der Waals surface area contributed by atoms with Crippen LogP contribution in [0, 0.1) is 0 Å². The molecule has 4 aromatic heterocycles. The van der Waals surface area contributed by atoms with Crippen LogP contribution in [0.4, 0.5) is 0 Å². The van der Waals surface area contributed by atoms with Gasteiger partial charge >= 0.3 is 0 Å². The van der Waals surface area contributed by atoms with Crippen molar-refractivity contribution in [3.8, 4) is 11.4 Å². The van der Waals surface area contributed by atoms with E-state index in [-0.39, 0.29) is 0 Å². The van der Waals surface area contributed by atoms with Crippen molar-refractivity contribution in [3.05, 3.63) is 67.1 Å². The van der Waals surface area contributed by atoms with Crippen LogP contribution in [0.3, 0.4) is 0 Å². The molecule has 0 aliphatic carbocycles. The number of benzene rings is 1. The highest BCUT2D eigenvalue weighted by molar-refractivity contribution is 6.08. The Balaban J connectivity index is 1.84. The number of furan rings is 1. The zero-order valence-electron chi connectivity index (χ0n) is 12.1. The number of para-hydroxylation sites is 1. The van der Waals surface area contributed by atoms with Crippen LogP contribution in [-0.2, 0) is 0 Å². The monoisotopic (exact) mass is 297 g/mol. The Bertz CT molecular complexity index is 1180. The quantitative estimate of drug-likeness (QED) is 0.454. The van der Waals surface area contributed by atoms with Gasteiger partial charge in [0.2, 0.25) is 0 Å². The summed E-state index contributed by atoms with van der Waals surface area (Å²) in [4.78, 5) is 13.3. The topological polar surface area (TPSA) is 51.8 Å². The predicted molar refractivity (Wildman–Crippen MR) is 90.0 cm³/mol. The van der Waals surface area contributed by atoms with Crippen LogP contribution < -0.4 is 0 Å². The third-order valence-electron chi connectivity index (χ3n) is 4.03. The molecule has 0 spiro atoms. The number of fused-ring (bicyclic) bond motifs is 4. The molecular weight excluding hydrogens is 286 g/mol. The van der Waals surface area contributed by atoms with Gasteiger partial charge in [0.05, 0.1) is 17.4 Å². The van der Waals surface area contributed by atoms with Gasteiger partial charge in [-0.15, -0.1) is 0 Å². The summed E-state index contributed by atoms with van der Waals surface area (Å²) in [5.74, 6) is 0. The number of hydrogen-bond acceptors (Lipinski definition) is 4. The van der Waals surface area contributed by atoms with E-state index in [1.165, 1.54) is 0 Å². The summed E-state index contributed by atoms with van der Waals surface area (Å²) >= 11 is 0. The summed E-state index contributed by atoms with van der Waals surface area (Å²) in [7, 11) is 0. The van der Waals surface area contributed by atoms with E-state index in [2.05, 4.69) is 21.0 Å². The molecule has 0 radical (unpaired) electrons. The fraction of sp³-hybridized carbons (Fsp3) is 0. The Morgan fingerprint density at radius 2 is 1.74 bits per heavy atom. The molecule has 4 nitrogen and oxygen atoms in total. The Morgan fingerprint density at radius 1 is 0.783 bits per heavy atom. The molecule has 23 heavy (non-hydrogen) atoms. The summed E-state index contributed by atoms with van der Waals surface area (Å²) in [6.07, 6.45) is 5.34. The maximum atomic E-state index is 6.03. The first kappa shape index (κ1) is 12.3. The lowest BCUT2D eigenvalue weighted by atomic mass is 10.1. The molecule has 108 valence electrons. The largest absolute Gasteiger partial charge is 0.454 e. The van der Waals surface area contributed by atoms with E-state index in [1.54, 1.807) is 18.6 Å². The third-order valence-corrected chi connectivity index (χ3v) is 4.03. The Labute approximate surface area is 131 Å². The van der Waals surface area contributed by atoms with E-state index in [0.717, 1.165) is 44.2 Å². The molecule has 4 heterocycles. The molecule has 0 N–H and O–H groups in total. The molecule has 1 aromatic carbocycles. The van der Waals surface area contributed by atoms with Gasteiger partial charge in [0, 0.05) is 28.6 Å². The second-order valence-corrected chi connectivity index (χ2v) is 5.40. The molecule has 0 saturated carbocycles. The molecule has 0 unspecified atom stereocenters. The van der Waals surface area contributed by atoms with Crippen molar-refractivity contribution in [1.29, 1.82) is 0 Å². The Morgan fingerprint density at radius 3 is 2.74 bits per heavy atom. The standard InChI is InChI=1S/C19H11N3O/c1-2-6-17-13(5-1)14-7-9-21-18(19(14)23-17)15-10-12-4-3-8-20-16(12)11-22-15/h1-11H. The maximum absolute atomic E-state index is 6.03. The molecule has 0 amide bonds. The van der Waals surface area contributed by atoms with E-state index in [0.29, 0.717) is 0 Å². The zero-order chi connectivity index (χ0) is 15.2. The lowest BCUT2D eigenvalue weighted by molar-refractivity contribution is 0.668. The SMILES string of the molecule is c1cnc2cnc(-c3nccc4c3oc3ccccc34)cc2c1. The summed E-state index contributed by atoms with van der Waals surface area (Å²) in [5.41, 5.74) is 4.04. The third kappa shape index (κ3) is 1.82.